The molecule has 0 fully saturated rings. The Labute approximate surface area is 156 Å². The van der Waals surface area contributed by atoms with Crippen LogP contribution < -0.4 is 15.6 Å². The lowest BCUT2D eigenvalue weighted by Gasteiger charge is -2.10. The lowest BCUT2D eigenvalue weighted by molar-refractivity contribution is 0.0952. The summed E-state index contributed by atoms with van der Waals surface area (Å²) in [7, 11) is 1.69. The van der Waals surface area contributed by atoms with Crippen LogP contribution in [-0.4, -0.2) is 16.6 Å². The van der Waals surface area contributed by atoms with E-state index in [1.807, 2.05) is 51.1 Å². The van der Waals surface area contributed by atoms with E-state index in [0.29, 0.717) is 17.5 Å². The van der Waals surface area contributed by atoms with Crippen LogP contribution in [0.4, 0.5) is 0 Å². The monoisotopic (exact) mass is 370 g/mol. The molecule has 0 unspecified atom stereocenters. The molecule has 26 heavy (non-hydrogen) atoms. The fraction of sp³-hybridized carbons (Fsp3) is 0.300. The topological polar surface area (TPSA) is 60.3 Å². The summed E-state index contributed by atoms with van der Waals surface area (Å²) < 4.78 is 7.96. The van der Waals surface area contributed by atoms with Crippen molar-refractivity contribution in [1.82, 2.24) is 9.88 Å². The molecule has 0 aliphatic carbocycles. The van der Waals surface area contributed by atoms with Gasteiger partial charge in [0, 0.05) is 29.4 Å². The van der Waals surface area contributed by atoms with Crippen LogP contribution in [0.25, 0.3) is 10.1 Å². The predicted molar refractivity (Wildman–Crippen MR) is 105 cm³/mol. The van der Waals surface area contributed by atoms with Gasteiger partial charge in [-0.2, -0.15) is 0 Å². The molecule has 0 aliphatic rings. The Morgan fingerprint density at radius 2 is 1.92 bits per heavy atom. The maximum atomic E-state index is 12.7. The van der Waals surface area contributed by atoms with Crippen molar-refractivity contribution in [1.29, 1.82) is 0 Å². The number of aryl methyl sites for hydroxylation is 2. The number of pyridine rings is 1. The minimum absolute atomic E-state index is 0.123. The molecule has 0 bridgehead atoms. The molecule has 0 atom stereocenters. The van der Waals surface area contributed by atoms with Crippen molar-refractivity contribution in [3.05, 3.63) is 62.9 Å². The minimum atomic E-state index is -0.223. The number of amides is 1. The van der Waals surface area contributed by atoms with E-state index in [4.69, 9.17) is 4.74 Å². The maximum absolute atomic E-state index is 12.7. The van der Waals surface area contributed by atoms with Crippen LogP contribution in [0.3, 0.4) is 0 Å². The number of nitrogens with zero attached hydrogens (tertiary/aromatic N) is 1. The second-order valence-corrected chi connectivity index (χ2v) is 7.75. The fourth-order valence-corrected chi connectivity index (χ4v) is 3.87. The molecule has 1 amide bonds. The van der Waals surface area contributed by atoms with Crippen molar-refractivity contribution in [2.45, 2.75) is 33.4 Å². The van der Waals surface area contributed by atoms with Crippen molar-refractivity contribution >= 4 is 27.3 Å². The first kappa shape index (κ1) is 18.2. The van der Waals surface area contributed by atoms with Gasteiger partial charge in [0.15, 0.2) is 0 Å². The molecule has 3 aromatic rings. The highest BCUT2D eigenvalue weighted by molar-refractivity contribution is 7.19. The van der Waals surface area contributed by atoms with E-state index in [1.54, 1.807) is 13.2 Å². The van der Waals surface area contributed by atoms with E-state index >= 15 is 0 Å². The highest BCUT2D eigenvalue weighted by atomic mass is 32.1. The van der Waals surface area contributed by atoms with Crippen LogP contribution >= 0.6 is 11.3 Å². The van der Waals surface area contributed by atoms with Gasteiger partial charge in [-0.15, -0.1) is 11.3 Å². The third-order valence-corrected chi connectivity index (χ3v) is 5.14. The molecule has 136 valence electrons. The fourth-order valence-electron chi connectivity index (χ4n) is 2.82. The molecule has 2 aromatic heterocycles. The summed E-state index contributed by atoms with van der Waals surface area (Å²) in [6.45, 7) is 6.22. The van der Waals surface area contributed by atoms with Gasteiger partial charge in [0.2, 0.25) is 0 Å². The van der Waals surface area contributed by atoms with Gasteiger partial charge in [-0.1, -0.05) is 12.1 Å². The average Bonchev–Trinajstić information content (AvgIpc) is 2.94. The van der Waals surface area contributed by atoms with E-state index in [0.717, 1.165) is 20.9 Å². The first-order valence-corrected chi connectivity index (χ1v) is 9.31. The van der Waals surface area contributed by atoms with Gasteiger partial charge in [0.05, 0.1) is 17.1 Å². The summed E-state index contributed by atoms with van der Waals surface area (Å²) >= 11 is 1.47. The van der Waals surface area contributed by atoms with Gasteiger partial charge in [0.25, 0.3) is 11.5 Å². The van der Waals surface area contributed by atoms with Gasteiger partial charge in [-0.25, -0.2) is 0 Å². The predicted octanol–water partition coefficient (Wildman–Crippen LogP) is 3.63. The molecular weight excluding hydrogens is 348 g/mol. The van der Waals surface area contributed by atoms with Crippen LogP contribution in [0.15, 0.2) is 41.3 Å². The van der Waals surface area contributed by atoms with Crippen LogP contribution in [0.5, 0.6) is 5.75 Å². The molecule has 3 rings (SSSR count). The van der Waals surface area contributed by atoms with Crippen molar-refractivity contribution < 1.29 is 9.53 Å². The van der Waals surface area contributed by atoms with Crippen molar-refractivity contribution in [2.75, 3.05) is 0 Å². The summed E-state index contributed by atoms with van der Waals surface area (Å²) in [5.41, 5.74) is 1.30. The summed E-state index contributed by atoms with van der Waals surface area (Å²) in [6, 6.07) is 9.51. The van der Waals surface area contributed by atoms with Crippen LogP contribution in [0, 0.1) is 6.92 Å². The largest absolute Gasteiger partial charge is 0.491 e. The summed E-state index contributed by atoms with van der Waals surface area (Å²) in [5, 5.41) is 3.42. The van der Waals surface area contributed by atoms with Crippen LogP contribution in [0.2, 0.25) is 0 Å². The normalized spacial score (nSPS) is 11.1. The molecule has 1 N–H and O–H groups in total. The molecule has 0 saturated heterocycles. The summed E-state index contributed by atoms with van der Waals surface area (Å²) in [5.74, 6) is 0.581. The third-order valence-electron chi connectivity index (χ3n) is 4.07. The lowest BCUT2D eigenvalue weighted by atomic mass is 10.1. The van der Waals surface area contributed by atoms with Gasteiger partial charge >= 0.3 is 0 Å². The SMILES string of the molecule is Cc1sc2ccn(C)c(=O)c2c1C(=O)NCc1ccc(OC(C)C)cc1. The molecule has 0 radical (unpaired) electrons. The average molecular weight is 370 g/mol. The minimum Gasteiger partial charge on any atom is -0.491 e. The number of thiophene rings is 1. The highest BCUT2D eigenvalue weighted by Crippen LogP contribution is 2.28. The first-order valence-electron chi connectivity index (χ1n) is 8.49. The molecule has 0 aliphatic heterocycles. The number of ether oxygens (including phenoxy) is 1. The van der Waals surface area contributed by atoms with E-state index < -0.39 is 0 Å². The van der Waals surface area contributed by atoms with Gasteiger partial charge in [0.1, 0.15) is 5.75 Å². The molecule has 0 saturated carbocycles. The zero-order valence-corrected chi connectivity index (χ0v) is 16.1. The Hall–Kier alpha value is -2.60. The number of carbonyl (C=O) groups is 1. The molecule has 5 nitrogen and oxygen atoms in total. The standard InChI is InChI=1S/C20H22N2O3S/c1-12(2)25-15-7-5-14(6-8-15)11-21-19(23)17-13(3)26-16-9-10-22(4)20(24)18(16)17/h5-10,12H,11H2,1-4H3,(H,21,23). The van der Waals surface area contributed by atoms with E-state index in [-0.39, 0.29) is 17.6 Å². The third kappa shape index (κ3) is 3.65. The zero-order chi connectivity index (χ0) is 18.8. The summed E-state index contributed by atoms with van der Waals surface area (Å²) in [6.07, 6.45) is 1.85. The van der Waals surface area contributed by atoms with E-state index in [1.165, 1.54) is 15.9 Å². The van der Waals surface area contributed by atoms with Crippen molar-refractivity contribution in [3.8, 4) is 5.75 Å². The van der Waals surface area contributed by atoms with Crippen molar-refractivity contribution in [2.24, 2.45) is 7.05 Å². The van der Waals surface area contributed by atoms with Gasteiger partial charge in [-0.3, -0.25) is 9.59 Å². The van der Waals surface area contributed by atoms with E-state index in [9.17, 15) is 9.59 Å². The number of hydrogen-bond donors (Lipinski definition) is 1. The Morgan fingerprint density at radius 1 is 1.23 bits per heavy atom. The summed E-state index contributed by atoms with van der Waals surface area (Å²) in [4.78, 5) is 26.0. The number of nitrogens with one attached hydrogen (secondary N) is 1. The number of carbonyl (C=O) groups excluding carboxylic acids is 1. The Kier molecular flexibility index (Phi) is 5.13. The molecular formula is C20H22N2O3S. The molecule has 6 heteroatoms. The quantitative estimate of drug-likeness (QED) is 0.746. The highest BCUT2D eigenvalue weighted by Gasteiger charge is 2.19. The lowest BCUT2D eigenvalue weighted by Crippen LogP contribution is -2.25. The Balaban J connectivity index is 1.79. The Bertz CT molecular complexity index is 1000. The van der Waals surface area contributed by atoms with Crippen molar-refractivity contribution in [3.63, 3.8) is 0 Å². The number of aromatic nitrogens is 1. The molecule has 2 heterocycles. The smallest absolute Gasteiger partial charge is 0.259 e. The number of benzene rings is 1. The molecule has 1 aromatic carbocycles. The Morgan fingerprint density at radius 3 is 2.58 bits per heavy atom. The number of rotatable bonds is 5. The second kappa shape index (κ2) is 7.33. The van der Waals surface area contributed by atoms with Crippen LogP contribution in [0.1, 0.15) is 34.6 Å². The van der Waals surface area contributed by atoms with E-state index in [2.05, 4.69) is 5.32 Å². The van der Waals surface area contributed by atoms with Gasteiger partial charge < -0.3 is 14.6 Å². The van der Waals surface area contributed by atoms with Gasteiger partial charge in [-0.05, 0) is 44.5 Å². The zero-order valence-electron chi connectivity index (χ0n) is 15.3. The first-order chi connectivity index (χ1) is 12.4. The van der Waals surface area contributed by atoms with Crippen LogP contribution in [-0.2, 0) is 13.6 Å². The molecule has 0 spiro atoms. The second-order valence-electron chi connectivity index (χ2n) is 6.50. The number of hydrogen-bond acceptors (Lipinski definition) is 4. The number of fused-ring (bicyclic) bond motifs is 1. The maximum Gasteiger partial charge on any atom is 0.259 e.